The molecule has 0 spiro atoms. The molecule has 0 aliphatic carbocycles. The SMILES string of the molecule is CCCCC(CC)CCC(=N)N. The Labute approximate surface area is 76.0 Å². The van der Waals surface area contributed by atoms with E-state index in [1.54, 1.807) is 0 Å². The van der Waals surface area contributed by atoms with Gasteiger partial charge >= 0.3 is 0 Å². The average molecular weight is 170 g/mol. The molecule has 0 radical (unpaired) electrons. The molecule has 0 aromatic rings. The molecule has 0 amide bonds. The number of hydrogen-bond donors (Lipinski definition) is 2. The fraction of sp³-hybridized carbons (Fsp3) is 0.900. The van der Waals surface area contributed by atoms with E-state index in [0.29, 0.717) is 5.84 Å². The summed E-state index contributed by atoms with van der Waals surface area (Å²) in [5, 5.41) is 7.12. The molecule has 1 unspecified atom stereocenters. The summed E-state index contributed by atoms with van der Waals surface area (Å²) in [5.74, 6) is 1.12. The molecule has 0 saturated carbocycles. The Hall–Kier alpha value is -0.530. The standard InChI is InChI=1S/C10H22N2/c1-3-5-6-9(4-2)7-8-10(11)12/h9H,3-8H2,1-2H3,(H3,11,12). The van der Waals surface area contributed by atoms with Crippen LogP contribution in [0.15, 0.2) is 0 Å². The van der Waals surface area contributed by atoms with Gasteiger partial charge in [-0.15, -0.1) is 0 Å². The number of nitrogens with two attached hydrogens (primary N) is 1. The highest BCUT2D eigenvalue weighted by atomic mass is 14.7. The molecule has 12 heavy (non-hydrogen) atoms. The van der Waals surface area contributed by atoms with Gasteiger partial charge in [0.15, 0.2) is 0 Å². The van der Waals surface area contributed by atoms with E-state index in [0.717, 1.165) is 18.8 Å². The maximum absolute atomic E-state index is 7.12. The number of nitrogens with one attached hydrogen (secondary N) is 1. The normalized spacial score (nSPS) is 12.8. The Morgan fingerprint density at radius 2 is 2.00 bits per heavy atom. The topological polar surface area (TPSA) is 49.9 Å². The maximum Gasteiger partial charge on any atom is 0.0905 e. The molecule has 0 rings (SSSR count). The van der Waals surface area contributed by atoms with Gasteiger partial charge < -0.3 is 5.73 Å². The molecule has 0 bridgehead atoms. The van der Waals surface area contributed by atoms with Crippen molar-refractivity contribution in [2.75, 3.05) is 0 Å². The second-order valence-electron chi connectivity index (χ2n) is 3.48. The quantitative estimate of drug-likeness (QED) is 0.448. The first-order valence-corrected chi connectivity index (χ1v) is 5.03. The second-order valence-corrected chi connectivity index (χ2v) is 3.48. The van der Waals surface area contributed by atoms with Crippen molar-refractivity contribution in [1.29, 1.82) is 5.41 Å². The van der Waals surface area contributed by atoms with Gasteiger partial charge in [-0.2, -0.15) is 0 Å². The van der Waals surface area contributed by atoms with Crippen LogP contribution in [0.4, 0.5) is 0 Å². The van der Waals surface area contributed by atoms with Gasteiger partial charge in [-0.05, 0) is 12.3 Å². The lowest BCUT2D eigenvalue weighted by Crippen LogP contribution is -2.11. The van der Waals surface area contributed by atoms with E-state index < -0.39 is 0 Å². The molecule has 0 aliphatic rings. The first-order valence-electron chi connectivity index (χ1n) is 5.03. The molecule has 1 atom stereocenters. The number of rotatable bonds is 7. The van der Waals surface area contributed by atoms with Crippen molar-refractivity contribution in [3.05, 3.63) is 0 Å². The Morgan fingerprint density at radius 1 is 1.33 bits per heavy atom. The van der Waals surface area contributed by atoms with Crippen LogP contribution in [0.5, 0.6) is 0 Å². The minimum atomic E-state index is 0.338. The Morgan fingerprint density at radius 3 is 2.42 bits per heavy atom. The summed E-state index contributed by atoms with van der Waals surface area (Å²) in [7, 11) is 0. The fourth-order valence-corrected chi connectivity index (χ4v) is 1.41. The number of amidine groups is 1. The lowest BCUT2D eigenvalue weighted by atomic mass is 9.94. The lowest BCUT2D eigenvalue weighted by molar-refractivity contribution is 0.428. The van der Waals surface area contributed by atoms with E-state index in [2.05, 4.69) is 13.8 Å². The van der Waals surface area contributed by atoms with Crippen molar-refractivity contribution < 1.29 is 0 Å². The third kappa shape index (κ3) is 6.20. The van der Waals surface area contributed by atoms with Crippen LogP contribution in [0.3, 0.4) is 0 Å². The first kappa shape index (κ1) is 11.5. The monoisotopic (exact) mass is 170 g/mol. The highest BCUT2D eigenvalue weighted by Crippen LogP contribution is 2.17. The maximum atomic E-state index is 7.12. The fourth-order valence-electron chi connectivity index (χ4n) is 1.41. The van der Waals surface area contributed by atoms with Crippen molar-refractivity contribution in [1.82, 2.24) is 0 Å². The molecule has 0 heterocycles. The molecular formula is C10H22N2. The summed E-state index contributed by atoms with van der Waals surface area (Å²) < 4.78 is 0. The van der Waals surface area contributed by atoms with E-state index >= 15 is 0 Å². The van der Waals surface area contributed by atoms with E-state index in [-0.39, 0.29) is 0 Å². The van der Waals surface area contributed by atoms with Gasteiger partial charge in [0.05, 0.1) is 5.84 Å². The highest BCUT2D eigenvalue weighted by Gasteiger charge is 2.05. The molecule has 3 N–H and O–H groups in total. The van der Waals surface area contributed by atoms with E-state index in [9.17, 15) is 0 Å². The minimum absolute atomic E-state index is 0.338. The zero-order valence-corrected chi connectivity index (χ0v) is 8.40. The largest absolute Gasteiger partial charge is 0.388 e. The van der Waals surface area contributed by atoms with Crippen LogP contribution in [-0.4, -0.2) is 5.84 Å². The van der Waals surface area contributed by atoms with Crippen molar-refractivity contribution in [3.63, 3.8) is 0 Å². The second kappa shape index (κ2) is 7.14. The van der Waals surface area contributed by atoms with Crippen LogP contribution >= 0.6 is 0 Å². The molecule has 2 heteroatoms. The molecule has 0 aromatic carbocycles. The van der Waals surface area contributed by atoms with E-state index in [1.807, 2.05) is 0 Å². The van der Waals surface area contributed by atoms with Crippen LogP contribution in [-0.2, 0) is 0 Å². The van der Waals surface area contributed by atoms with Crippen molar-refractivity contribution in [2.24, 2.45) is 11.7 Å². The van der Waals surface area contributed by atoms with Gasteiger partial charge in [-0.1, -0.05) is 39.5 Å². The van der Waals surface area contributed by atoms with Gasteiger partial charge in [0.1, 0.15) is 0 Å². The van der Waals surface area contributed by atoms with Crippen LogP contribution in [0, 0.1) is 11.3 Å². The van der Waals surface area contributed by atoms with Gasteiger partial charge in [0, 0.05) is 6.42 Å². The van der Waals surface area contributed by atoms with Gasteiger partial charge in [0.25, 0.3) is 0 Å². The average Bonchev–Trinajstić information content (AvgIpc) is 2.05. The smallest absolute Gasteiger partial charge is 0.0905 e. The Bertz CT molecular complexity index is 121. The van der Waals surface area contributed by atoms with Crippen molar-refractivity contribution >= 4 is 5.84 Å². The molecule has 0 fully saturated rings. The van der Waals surface area contributed by atoms with Crippen molar-refractivity contribution in [3.8, 4) is 0 Å². The number of unbranched alkanes of at least 4 members (excludes halogenated alkanes) is 1. The molecule has 0 aromatic heterocycles. The highest BCUT2D eigenvalue weighted by molar-refractivity contribution is 5.76. The number of hydrogen-bond acceptors (Lipinski definition) is 1. The van der Waals surface area contributed by atoms with Gasteiger partial charge in [-0.3, -0.25) is 5.41 Å². The predicted octanol–water partition coefficient (Wildman–Crippen LogP) is 2.92. The van der Waals surface area contributed by atoms with Crippen molar-refractivity contribution in [2.45, 2.75) is 52.4 Å². The Balaban J connectivity index is 3.45. The zero-order chi connectivity index (χ0) is 9.40. The Kier molecular flexibility index (Phi) is 6.82. The van der Waals surface area contributed by atoms with Crippen LogP contribution in [0.1, 0.15) is 52.4 Å². The minimum Gasteiger partial charge on any atom is -0.388 e. The van der Waals surface area contributed by atoms with E-state index in [1.165, 1.54) is 25.7 Å². The molecular weight excluding hydrogens is 148 g/mol. The summed E-state index contributed by atoms with van der Waals surface area (Å²) in [4.78, 5) is 0. The third-order valence-corrected chi connectivity index (χ3v) is 2.37. The summed E-state index contributed by atoms with van der Waals surface area (Å²) in [5.41, 5.74) is 5.31. The zero-order valence-electron chi connectivity index (χ0n) is 8.40. The van der Waals surface area contributed by atoms with Crippen LogP contribution < -0.4 is 5.73 Å². The summed E-state index contributed by atoms with van der Waals surface area (Å²) in [6.07, 6.45) is 7.01. The van der Waals surface area contributed by atoms with Gasteiger partial charge in [0.2, 0.25) is 0 Å². The molecule has 0 saturated heterocycles. The molecule has 0 aliphatic heterocycles. The molecule has 72 valence electrons. The van der Waals surface area contributed by atoms with Crippen LogP contribution in [0.25, 0.3) is 0 Å². The third-order valence-electron chi connectivity index (χ3n) is 2.37. The van der Waals surface area contributed by atoms with E-state index in [4.69, 9.17) is 11.1 Å². The molecule has 2 nitrogen and oxygen atoms in total. The summed E-state index contributed by atoms with van der Waals surface area (Å²) in [6.45, 7) is 4.44. The summed E-state index contributed by atoms with van der Waals surface area (Å²) >= 11 is 0. The summed E-state index contributed by atoms with van der Waals surface area (Å²) in [6, 6.07) is 0. The first-order chi connectivity index (χ1) is 5.70. The predicted molar refractivity (Wildman–Crippen MR) is 54.5 cm³/mol. The van der Waals surface area contributed by atoms with Crippen LogP contribution in [0.2, 0.25) is 0 Å². The van der Waals surface area contributed by atoms with Gasteiger partial charge in [-0.25, -0.2) is 0 Å². The lowest BCUT2D eigenvalue weighted by Gasteiger charge is -2.12.